The van der Waals surface area contributed by atoms with E-state index in [1.807, 2.05) is 0 Å². The van der Waals surface area contributed by atoms with Crippen molar-refractivity contribution in [3.8, 4) is 0 Å². The molecular formula is C16H18F3N3O3. The Morgan fingerprint density at radius 2 is 1.84 bits per heavy atom. The Labute approximate surface area is 141 Å². The van der Waals surface area contributed by atoms with Gasteiger partial charge < -0.3 is 14.6 Å². The van der Waals surface area contributed by atoms with Crippen molar-refractivity contribution in [2.24, 2.45) is 0 Å². The highest BCUT2D eigenvalue weighted by molar-refractivity contribution is 5.99. The first-order chi connectivity index (χ1) is 11.4. The standard InChI is InChI=1S/C16H18F3N3O3/c1-8(2)22-12-6-5-10(13(23)21(4)9(3)14(24)25)7-11(12)20-15(22)16(17,18)19/h5-9H,1-4H3,(H,24,25). The van der Waals surface area contributed by atoms with Crippen LogP contribution in [0.15, 0.2) is 18.2 Å². The molecule has 25 heavy (non-hydrogen) atoms. The second-order valence-electron chi connectivity index (χ2n) is 6.03. The maximum atomic E-state index is 13.2. The van der Waals surface area contributed by atoms with Crippen LogP contribution < -0.4 is 0 Å². The summed E-state index contributed by atoms with van der Waals surface area (Å²) in [5.41, 5.74) is 0.362. The number of nitrogens with zero attached hydrogens (tertiary/aromatic N) is 3. The van der Waals surface area contributed by atoms with E-state index in [-0.39, 0.29) is 16.6 Å². The molecule has 9 heteroatoms. The van der Waals surface area contributed by atoms with Gasteiger partial charge in [-0.25, -0.2) is 9.78 Å². The van der Waals surface area contributed by atoms with Crippen LogP contribution in [0, 0.1) is 0 Å². The minimum absolute atomic E-state index is 0.0308. The first-order valence-corrected chi connectivity index (χ1v) is 7.54. The minimum atomic E-state index is -4.62. The van der Waals surface area contributed by atoms with Gasteiger partial charge >= 0.3 is 12.1 Å². The quantitative estimate of drug-likeness (QED) is 0.912. The SMILES string of the molecule is CC(C(=O)O)N(C)C(=O)c1ccc2c(c1)nc(C(F)(F)F)n2C(C)C. The molecule has 1 aromatic heterocycles. The molecule has 0 aliphatic heterocycles. The van der Waals surface area contributed by atoms with Crippen LogP contribution in [-0.4, -0.2) is 44.5 Å². The van der Waals surface area contributed by atoms with Crippen molar-refractivity contribution in [1.29, 1.82) is 0 Å². The van der Waals surface area contributed by atoms with Crippen molar-refractivity contribution in [3.05, 3.63) is 29.6 Å². The van der Waals surface area contributed by atoms with E-state index in [0.717, 1.165) is 9.47 Å². The molecule has 0 spiro atoms. The Bertz CT molecular complexity index is 827. The topological polar surface area (TPSA) is 75.4 Å². The van der Waals surface area contributed by atoms with Crippen molar-refractivity contribution in [2.45, 2.75) is 39.0 Å². The summed E-state index contributed by atoms with van der Waals surface area (Å²) in [6.45, 7) is 4.56. The van der Waals surface area contributed by atoms with Gasteiger partial charge in [0.2, 0.25) is 5.82 Å². The number of aromatic nitrogens is 2. The zero-order valence-corrected chi connectivity index (χ0v) is 14.1. The second-order valence-corrected chi connectivity index (χ2v) is 6.03. The Hall–Kier alpha value is -2.58. The van der Waals surface area contributed by atoms with Gasteiger partial charge in [0.25, 0.3) is 5.91 Å². The van der Waals surface area contributed by atoms with Crippen LogP contribution in [0.3, 0.4) is 0 Å². The smallest absolute Gasteiger partial charge is 0.449 e. The summed E-state index contributed by atoms with van der Waals surface area (Å²) >= 11 is 0. The summed E-state index contributed by atoms with van der Waals surface area (Å²) in [5, 5.41) is 8.98. The molecule has 136 valence electrons. The van der Waals surface area contributed by atoms with Gasteiger partial charge in [0.05, 0.1) is 11.0 Å². The summed E-state index contributed by atoms with van der Waals surface area (Å²) in [6, 6.07) is 2.47. The van der Waals surface area contributed by atoms with Crippen LogP contribution in [0.4, 0.5) is 13.2 Å². The summed E-state index contributed by atoms with van der Waals surface area (Å²) < 4.78 is 40.7. The molecule has 1 heterocycles. The molecule has 2 aromatic rings. The van der Waals surface area contributed by atoms with Crippen molar-refractivity contribution in [3.63, 3.8) is 0 Å². The number of imidazole rings is 1. The number of likely N-dealkylation sites (N-methyl/N-ethyl adjacent to an activating group) is 1. The molecule has 0 saturated heterocycles. The Kier molecular flexibility index (Phi) is 4.79. The molecule has 6 nitrogen and oxygen atoms in total. The van der Waals surface area contributed by atoms with Crippen molar-refractivity contribution >= 4 is 22.9 Å². The van der Waals surface area contributed by atoms with E-state index in [9.17, 15) is 22.8 Å². The molecule has 2 rings (SSSR count). The average molecular weight is 357 g/mol. The van der Waals surface area contributed by atoms with E-state index < -0.39 is 36.0 Å². The normalized spacial score (nSPS) is 13.3. The lowest BCUT2D eigenvalue weighted by molar-refractivity contribution is -0.147. The maximum Gasteiger partial charge on any atom is 0.449 e. The van der Waals surface area contributed by atoms with Gasteiger partial charge in [-0.05, 0) is 39.0 Å². The van der Waals surface area contributed by atoms with Crippen molar-refractivity contribution < 1.29 is 27.9 Å². The number of hydrogen-bond donors (Lipinski definition) is 1. The maximum absolute atomic E-state index is 13.2. The molecule has 1 aromatic carbocycles. The highest BCUT2D eigenvalue weighted by atomic mass is 19.4. The fraction of sp³-hybridized carbons (Fsp3) is 0.438. The summed E-state index contributed by atoms with van der Waals surface area (Å²) in [5.74, 6) is -2.82. The number of carboxylic acid groups (broad SMARTS) is 1. The largest absolute Gasteiger partial charge is 0.480 e. The predicted molar refractivity (Wildman–Crippen MR) is 84.3 cm³/mol. The lowest BCUT2D eigenvalue weighted by Gasteiger charge is -2.21. The zero-order chi connectivity index (χ0) is 19.1. The van der Waals surface area contributed by atoms with Gasteiger partial charge in [0.15, 0.2) is 0 Å². The lowest BCUT2D eigenvalue weighted by Crippen LogP contribution is -2.40. The lowest BCUT2D eigenvalue weighted by atomic mass is 10.1. The summed E-state index contributed by atoms with van der Waals surface area (Å²) in [4.78, 5) is 28.0. The molecule has 0 bridgehead atoms. The molecular weight excluding hydrogens is 339 g/mol. The third-order valence-electron chi connectivity index (χ3n) is 3.97. The fourth-order valence-corrected chi connectivity index (χ4v) is 2.50. The Morgan fingerprint density at radius 1 is 1.24 bits per heavy atom. The molecule has 1 amide bonds. The van der Waals surface area contributed by atoms with Gasteiger partial charge in [-0.1, -0.05) is 0 Å². The molecule has 1 atom stereocenters. The van der Waals surface area contributed by atoms with Gasteiger partial charge in [-0.3, -0.25) is 4.79 Å². The minimum Gasteiger partial charge on any atom is -0.480 e. The van der Waals surface area contributed by atoms with E-state index in [2.05, 4.69) is 4.98 Å². The molecule has 0 aliphatic rings. The highest BCUT2D eigenvalue weighted by Gasteiger charge is 2.38. The van der Waals surface area contributed by atoms with Crippen molar-refractivity contribution in [2.75, 3.05) is 7.05 Å². The number of rotatable bonds is 4. The number of carboxylic acids is 1. The van der Waals surface area contributed by atoms with Gasteiger partial charge in [0, 0.05) is 18.7 Å². The van der Waals surface area contributed by atoms with Gasteiger partial charge in [-0.2, -0.15) is 13.2 Å². The fourth-order valence-electron chi connectivity index (χ4n) is 2.50. The van der Waals surface area contributed by atoms with Crippen LogP contribution in [0.5, 0.6) is 0 Å². The number of fused-ring (bicyclic) bond motifs is 1. The number of hydrogen-bond acceptors (Lipinski definition) is 3. The highest BCUT2D eigenvalue weighted by Crippen LogP contribution is 2.34. The molecule has 1 unspecified atom stereocenters. The van der Waals surface area contributed by atoms with Crippen LogP contribution in [0.1, 0.15) is 43.0 Å². The van der Waals surface area contributed by atoms with Gasteiger partial charge in [-0.15, -0.1) is 0 Å². The van der Waals surface area contributed by atoms with E-state index in [4.69, 9.17) is 5.11 Å². The Balaban J connectivity index is 2.54. The van der Waals surface area contributed by atoms with Crippen LogP contribution in [0.25, 0.3) is 11.0 Å². The number of halogens is 3. The predicted octanol–water partition coefficient (Wildman–Crippen LogP) is 3.18. The zero-order valence-electron chi connectivity index (χ0n) is 14.1. The number of carbonyl (C=O) groups excluding carboxylic acids is 1. The Morgan fingerprint density at radius 3 is 2.32 bits per heavy atom. The number of amides is 1. The first-order valence-electron chi connectivity index (χ1n) is 7.54. The van der Waals surface area contributed by atoms with E-state index in [1.165, 1.54) is 32.2 Å². The first kappa shape index (κ1) is 18.8. The van der Waals surface area contributed by atoms with Crippen LogP contribution in [0.2, 0.25) is 0 Å². The summed E-state index contributed by atoms with van der Waals surface area (Å²) in [7, 11) is 1.32. The second kappa shape index (κ2) is 6.38. The van der Waals surface area contributed by atoms with Crippen LogP contribution in [-0.2, 0) is 11.0 Å². The number of benzene rings is 1. The monoisotopic (exact) mass is 357 g/mol. The van der Waals surface area contributed by atoms with Gasteiger partial charge in [0.1, 0.15) is 6.04 Å². The summed E-state index contributed by atoms with van der Waals surface area (Å²) in [6.07, 6.45) is -4.62. The molecule has 1 N–H and O–H groups in total. The molecule has 0 fully saturated rings. The third kappa shape index (κ3) is 3.45. The van der Waals surface area contributed by atoms with E-state index in [0.29, 0.717) is 0 Å². The number of aliphatic carboxylic acids is 1. The molecule has 0 radical (unpaired) electrons. The van der Waals surface area contributed by atoms with Crippen LogP contribution >= 0.6 is 0 Å². The van der Waals surface area contributed by atoms with E-state index >= 15 is 0 Å². The molecule has 0 aliphatic carbocycles. The third-order valence-corrected chi connectivity index (χ3v) is 3.97. The van der Waals surface area contributed by atoms with E-state index in [1.54, 1.807) is 13.8 Å². The molecule has 0 saturated carbocycles. The van der Waals surface area contributed by atoms with Crippen molar-refractivity contribution in [1.82, 2.24) is 14.5 Å². The number of carbonyl (C=O) groups is 2. The average Bonchev–Trinajstić information content (AvgIpc) is 2.91. The number of alkyl halides is 3.